The van der Waals surface area contributed by atoms with Crippen molar-refractivity contribution in [3.63, 3.8) is 0 Å². The molecule has 0 amide bonds. The number of rotatable bonds is 5. The summed E-state index contributed by atoms with van der Waals surface area (Å²) in [6.07, 6.45) is 4.31. The highest BCUT2D eigenvalue weighted by molar-refractivity contribution is 7.98. The molecule has 0 aliphatic rings. The van der Waals surface area contributed by atoms with Crippen molar-refractivity contribution < 1.29 is 0 Å². The van der Waals surface area contributed by atoms with Crippen LogP contribution >= 0.6 is 24.0 Å². The number of nitrogens with zero attached hydrogens (tertiary/aromatic N) is 1. The molecule has 0 atom stereocenters. The van der Waals surface area contributed by atoms with Crippen molar-refractivity contribution in [1.29, 1.82) is 0 Å². The summed E-state index contributed by atoms with van der Waals surface area (Å²) in [6, 6.07) is 14.1. The van der Waals surface area contributed by atoms with Crippen LogP contribution in [0.4, 0.5) is 5.69 Å². The standard InChI is InChI=1S/C18H19N3S2/c1-23-8-7-21-11-16(15-6-5-14(19)10-17(15)21)12-3-2-4-13(9-12)18(20)22/h2-6,9-11H,7-8,19H2,1H3,(H2,20,22). The summed E-state index contributed by atoms with van der Waals surface area (Å²) in [7, 11) is 0. The Hall–Kier alpha value is -1.98. The molecule has 0 aliphatic heterocycles. The van der Waals surface area contributed by atoms with E-state index in [1.165, 1.54) is 10.9 Å². The zero-order valence-corrected chi connectivity index (χ0v) is 14.6. The van der Waals surface area contributed by atoms with Crippen molar-refractivity contribution in [3.05, 3.63) is 54.2 Å². The second-order valence-corrected chi connectivity index (χ2v) is 6.88. The molecule has 0 saturated carbocycles. The number of aryl methyl sites for hydroxylation is 1. The normalized spacial score (nSPS) is 11.0. The molecular weight excluding hydrogens is 322 g/mol. The van der Waals surface area contributed by atoms with Crippen LogP contribution in [-0.2, 0) is 6.54 Å². The van der Waals surface area contributed by atoms with Crippen molar-refractivity contribution in [2.24, 2.45) is 5.73 Å². The number of nitrogens with two attached hydrogens (primary N) is 2. The van der Waals surface area contributed by atoms with Crippen LogP contribution in [0.3, 0.4) is 0 Å². The molecule has 2 aromatic carbocycles. The predicted octanol–water partition coefficient (Wildman–Crippen LogP) is 3.89. The molecule has 0 unspecified atom stereocenters. The SMILES string of the molecule is CSCCn1cc(-c2cccc(C(N)=S)c2)c2ccc(N)cc21. The van der Waals surface area contributed by atoms with Gasteiger partial charge in [0, 0.05) is 40.7 Å². The lowest BCUT2D eigenvalue weighted by Crippen LogP contribution is -2.08. The van der Waals surface area contributed by atoms with Crippen LogP contribution in [0.5, 0.6) is 0 Å². The second-order valence-electron chi connectivity index (χ2n) is 5.45. The molecule has 3 rings (SSSR count). The summed E-state index contributed by atoms with van der Waals surface area (Å²) < 4.78 is 2.27. The Balaban J connectivity index is 2.17. The van der Waals surface area contributed by atoms with Gasteiger partial charge in [-0.1, -0.05) is 36.5 Å². The summed E-state index contributed by atoms with van der Waals surface area (Å²) in [5, 5.41) is 1.19. The molecule has 4 N–H and O–H groups in total. The minimum Gasteiger partial charge on any atom is -0.399 e. The lowest BCUT2D eigenvalue weighted by atomic mass is 10.0. The molecule has 0 saturated heterocycles. The van der Waals surface area contributed by atoms with Crippen LogP contribution in [0.15, 0.2) is 48.7 Å². The fourth-order valence-corrected chi connectivity index (χ4v) is 3.26. The molecule has 118 valence electrons. The molecule has 0 fully saturated rings. The monoisotopic (exact) mass is 341 g/mol. The number of nitrogen functional groups attached to an aromatic ring is 1. The minimum atomic E-state index is 0.419. The van der Waals surface area contributed by atoms with Gasteiger partial charge in [0.05, 0.1) is 5.52 Å². The first-order valence-electron chi connectivity index (χ1n) is 7.37. The van der Waals surface area contributed by atoms with Gasteiger partial charge in [0.2, 0.25) is 0 Å². The number of thioether (sulfide) groups is 1. The van der Waals surface area contributed by atoms with E-state index in [0.29, 0.717) is 4.99 Å². The highest BCUT2D eigenvalue weighted by Crippen LogP contribution is 2.32. The van der Waals surface area contributed by atoms with Crippen LogP contribution in [-0.4, -0.2) is 21.6 Å². The summed E-state index contributed by atoms with van der Waals surface area (Å²) in [4.78, 5) is 0.419. The molecule has 1 heterocycles. The first-order chi connectivity index (χ1) is 11.1. The molecule has 0 spiro atoms. The maximum absolute atomic E-state index is 5.98. The van der Waals surface area contributed by atoms with E-state index in [1.54, 1.807) is 0 Å². The van der Waals surface area contributed by atoms with E-state index < -0.39 is 0 Å². The van der Waals surface area contributed by atoms with Gasteiger partial charge in [0.15, 0.2) is 0 Å². The quantitative estimate of drug-likeness (QED) is 0.546. The number of hydrogen-bond donors (Lipinski definition) is 2. The molecule has 0 aliphatic carbocycles. The highest BCUT2D eigenvalue weighted by Gasteiger charge is 2.11. The average Bonchev–Trinajstić information content (AvgIpc) is 2.91. The minimum absolute atomic E-state index is 0.419. The number of fused-ring (bicyclic) bond motifs is 1. The Morgan fingerprint density at radius 3 is 2.78 bits per heavy atom. The van der Waals surface area contributed by atoms with E-state index in [9.17, 15) is 0 Å². The summed E-state index contributed by atoms with van der Waals surface area (Å²) in [5.41, 5.74) is 16.9. The summed E-state index contributed by atoms with van der Waals surface area (Å²) in [5.74, 6) is 1.06. The van der Waals surface area contributed by atoms with Gasteiger partial charge in [-0.2, -0.15) is 11.8 Å². The maximum Gasteiger partial charge on any atom is 0.104 e. The fourth-order valence-electron chi connectivity index (χ4n) is 2.75. The molecule has 3 nitrogen and oxygen atoms in total. The van der Waals surface area contributed by atoms with Gasteiger partial charge in [0.1, 0.15) is 4.99 Å². The van der Waals surface area contributed by atoms with Gasteiger partial charge in [-0.15, -0.1) is 0 Å². The van der Waals surface area contributed by atoms with Crippen molar-refractivity contribution >= 4 is 45.6 Å². The van der Waals surface area contributed by atoms with E-state index in [2.05, 4.69) is 29.2 Å². The Kier molecular flexibility index (Phi) is 4.59. The van der Waals surface area contributed by atoms with E-state index in [-0.39, 0.29) is 0 Å². The first-order valence-corrected chi connectivity index (χ1v) is 9.18. The van der Waals surface area contributed by atoms with Gasteiger partial charge >= 0.3 is 0 Å². The Morgan fingerprint density at radius 2 is 2.04 bits per heavy atom. The molecule has 5 heteroatoms. The van der Waals surface area contributed by atoms with Gasteiger partial charge in [-0.05, 0) is 30.0 Å². The Morgan fingerprint density at radius 1 is 1.22 bits per heavy atom. The highest BCUT2D eigenvalue weighted by atomic mass is 32.2. The van der Waals surface area contributed by atoms with Crippen LogP contribution in [0.25, 0.3) is 22.0 Å². The number of hydrogen-bond acceptors (Lipinski definition) is 3. The number of benzene rings is 2. The Labute approximate surface area is 145 Å². The van der Waals surface area contributed by atoms with E-state index in [0.717, 1.165) is 34.6 Å². The van der Waals surface area contributed by atoms with E-state index >= 15 is 0 Å². The third-order valence-electron chi connectivity index (χ3n) is 3.90. The number of anilines is 1. The lowest BCUT2D eigenvalue weighted by Gasteiger charge is -2.04. The lowest BCUT2D eigenvalue weighted by molar-refractivity contribution is 0.809. The van der Waals surface area contributed by atoms with Gasteiger partial charge in [-0.3, -0.25) is 0 Å². The zero-order valence-electron chi connectivity index (χ0n) is 13.0. The average molecular weight is 342 g/mol. The molecular formula is C18H19N3S2. The molecule has 0 bridgehead atoms. The van der Waals surface area contributed by atoms with Crippen molar-refractivity contribution in [2.45, 2.75) is 6.54 Å². The van der Waals surface area contributed by atoms with E-state index in [4.69, 9.17) is 23.7 Å². The van der Waals surface area contributed by atoms with Crippen LogP contribution < -0.4 is 11.5 Å². The van der Waals surface area contributed by atoms with E-state index in [1.807, 2.05) is 42.1 Å². The third kappa shape index (κ3) is 3.21. The van der Waals surface area contributed by atoms with Crippen molar-refractivity contribution in [3.8, 4) is 11.1 Å². The predicted molar refractivity (Wildman–Crippen MR) is 106 cm³/mol. The largest absolute Gasteiger partial charge is 0.399 e. The first kappa shape index (κ1) is 15.9. The van der Waals surface area contributed by atoms with Gasteiger partial charge in [0.25, 0.3) is 0 Å². The summed E-state index contributed by atoms with van der Waals surface area (Å²) in [6.45, 7) is 0.954. The topological polar surface area (TPSA) is 57.0 Å². The molecule has 3 aromatic rings. The fraction of sp³-hybridized carbons (Fsp3) is 0.167. The molecule has 23 heavy (non-hydrogen) atoms. The number of thiocarbonyl (C=S) groups is 1. The maximum atomic E-state index is 5.98. The van der Waals surface area contributed by atoms with Gasteiger partial charge in [-0.25, -0.2) is 0 Å². The van der Waals surface area contributed by atoms with Crippen LogP contribution in [0, 0.1) is 0 Å². The smallest absolute Gasteiger partial charge is 0.104 e. The summed E-state index contributed by atoms with van der Waals surface area (Å²) >= 11 is 6.94. The van der Waals surface area contributed by atoms with Gasteiger partial charge < -0.3 is 16.0 Å². The van der Waals surface area contributed by atoms with Crippen LogP contribution in [0.1, 0.15) is 5.56 Å². The molecule has 1 aromatic heterocycles. The Bertz CT molecular complexity index is 868. The number of aromatic nitrogens is 1. The zero-order chi connectivity index (χ0) is 16.4. The third-order valence-corrected chi connectivity index (χ3v) is 4.73. The second kappa shape index (κ2) is 6.64. The van der Waals surface area contributed by atoms with Crippen molar-refractivity contribution in [1.82, 2.24) is 4.57 Å². The molecule has 0 radical (unpaired) electrons. The van der Waals surface area contributed by atoms with Crippen molar-refractivity contribution in [2.75, 3.05) is 17.7 Å². The van der Waals surface area contributed by atoms with Crippen LogP contribution in [0.2, 0.25) is 0 Å².